The first-order valence-electron chi connectivity index (χ1n) is 3.47. The van der Waals surface area contributed by atoms with E-state index in [1.807, 2.05) is 6.07 Å². The summed E-state index contributed by atoms with van der Waals surface area (Å²) in [4.78, 5) is 11.0. The minimum atomic E-state index is -0.921. The molecule has 0 spiro atoms. The van der Waals surface area contributed by atoms with Crippen molar-refractivity contribution < 1.29 is 9.90 Å². The molecule has 1 N–H and O–H groups in total. The van der Waals surface area contributed by atoms with Crippen LogP contribution < -0.4 is 0 Å². The van der Waals surface area contributed by atoms with Crippen molar-refractivity contribution in [1.29, 1.82) is 0 Å². The Balaban J connectivity index is 2.76. The van der Waals surface area contributed by atoms with Gasteiger partial charge in [-0.1, -0.05) is 15.9 Å². The number of rotatable bonds is 1. The number of halogens is 1. The van der Waals surface area contributed by atoms with Gasteiger partial charge in [0.2, 0.25) is 0 Å². The molecule has 0 aliphatic rings. The van der Waals surface area contributed by atoms with Gasteiger partial charge in [0.1, 0.15) is 4.88 Å². The van der Waals surface area contributed by atoms with Crippen LogP contribution in [0.15, 0.2) is 22.7 Å². The second kappa shape index (κ2) is 3.08. The van der Waals surface area contributed by atoms with Gasteiger partial charge in [0.25, 0.3) is 0 Å². The van der Waals surface area contributed by atoms with Crippen LogP contribution in [0.1, 0.15) is 9.67 Å². The Labute approximate surface area is 86.3 Å². The van der Waals surface area contributed by atoms with E-state index >= 15 is 0 Å². The summed E-state index contributed by atoms with van der Waals surface area (Å²) in [7, 11) is 0. The van der Waals surface area contributed by atoms with Gasteiger partial charge in [0.05, 0.1) is 5.52 Å². The molecule has 2 rings (SSSR count). The van der Waals surface area contributed by atoms with Crippen LogP contribution in [0.25, 0.3) is 10.9 Å². The Hall–Kier alpha value is -0.940. The fraction of sp³-hybridized carbons (Fsp3) is 0. The van der Waals surface area contributed by atoms with E-state index < -0.39 is 5.97 Å². The van der Waals surface area contributed by atoms with Gasteiger partial charge in [-0.3, -0.25) is 0 Å². The number of fused-ring (bicyclic) bond motifs is 1. The number of hydrogen-bond donors (Lipinski definition) is 1. The first-order valence-corrected chi connectivity index (χ1v) is 5.03. The predicted octanol–water partition coefficient (Wildman–Crippen LogP) is 2.76. The van der Waals surface area contributed by atoms with Crippen molar-refractivity contribution in [1.82, 2.24) is 4.37 Å². The summed E-state index contributed by atoms with van der Waals surface area (Å²) in [6.45, 7) is 0. The molecule has 0 aliphatic heterocycles. The number of hydrogen-bond acceptors (Lipinski definition) is 3. The number of carboxylic acid groups (broad SMARTS) is 1. The van der Waals surface area contributed by atoms with E-state index in [4.69, 9.17) is 5.11 Å². The van der Waals surface area contributed by atoms with Gasteiger partial charge in [-0.2, -0.15) is 4.37 Å². The average molecular weight is 258 g/mol. The van der Waals surface area contributed by atoms with E-state index in [2.05, 4.69) is 20.3 Å². The number of aromatic nitrogens is 1. The molecule has 5 heteroatoms. The van der Waals surface area contributed by atoms with Crippen LogP contribution in [0.5, 0.6) is 0 Å². The Morgan fingerprint density at radius 2 is 2.31 bits per heavy atom. The summed E-state index contributed by atoms with van der Waals surface area (Å²) < 4.78 is 4.94. The molecule has 0 unspecified atom stereocenters. The quantitative estimate of drug-likeness (QED) is 0.855. The Kier molecular flexibility index (Phi) is 2.05. The number of carboxylic acids is 1. The van der Waals surface area contributed by atoms with Crippen molar-refractivity contribution in [2.75, 3.05) is 0 Å². The van der Waals surface area contributed by atoms with Crippen LogP contribution in [0.2, 0.25) is 0 Å². The predicted molar refractivity (Wildman–Crippen MR) is 54.3 cm³/mol. The molecule has 0 amide bonds. The van der Waals surface area contributed by atoms with Crippen molar-refractivity contribution in [3.8, 4) is 0 Å². The Morgan fingerprint density at radius 3 is 3.00 bits per heavy atom. The summed E-state index contributed by atoms with van der Waals surface area (Å²) in [5.41, 5.74) is 0.719. The van der Waals surface area contributed by atoms with Crippen molar-refractivity contribution in [3.63, 3.8) is 0 Å². The highest BCUT2D eigenvalue weighted by atomic mass is 79.9. The van der Waals surface area contributed by atoms with E-state index in [-0.39, 0.29) is 0 Å². The number of carbonyl (C=O) groups is 1. The smallest absolute Gasteiger partial charge is 0.348 e. The second-order valence-electron chi connectivity index (χ2n) is 2.48. The van der Waals surface area contributed by atoms with Gasteiger partial charge in [-0.15, -0.1) is 0 Å². The third-order valence-electron chi connectivity index (χ3n) is 1.63. The van der Waals surface area contributed by atoms with Crippen molar-refractivity contribution >= 4 is 44.3 Å². The molecule has 13 heavy (non-hydrogen) atoms. The maximum atomic E-state index is 10.7. The molecule has 1 aromatic heterocycles. The average Bonchev–Trinajstić information content (AvgIpc) is 2.46. The van der Waals surface area contributed by atoms with Gasteiger partial charge in [0, 0.05) is 9.86 Å². The summed E-state index contributed by atoms with van der Waals surface area (Å²) in [6.07, 6.45) is 0. The number of benzene rings is 1. The third kappa shape index (κ3) is 1.45. The lowest BCUT2D eigenvalue weighted by Gasteiger charge is -1.90. The molecular formula is C8H4BrNO2S. The van der Waals surface area contributed by atoms with Crippen LogP contribution in [0.3, 0.4) is 0 Å². The molecule has 0 radical (unpaired) electrons. The molecule has 0 atom stereocenters. The topological polar surface area (TPSA) is 50.2 Å². The van der Waals surface area contributed by atoms with Crippen molar-refractivity contribution in [3.05, 3.63) is 27.5 Å². The molecule has 0 fully saturated rings. The molecular weight excluding hydrogens is 254 g/mol. The normalized spacial score (nSPS) is 10.5. The van der Waals surface area contributed by atoms with E-state index in [1.54, 1.807) is 12.1 Å². The number of aromatic carboxylic acids is 1. The van der Waals surface area contributed by atoms with Gasteiger partial charge < -0.3 is 5.11 Å². The van der Waals surface area contributed by atoms with Crippen LogP contribution in [0.4, 0.5) is 0 Å². The summed E-state index contributed by atoms with van der Waals surface area (Å²) in [6, 6.07) is 5.37. The zero-order valence-electron chi connectivity index (χ0n) is 6.32. The third-order valence-corrected chi connectivity index (χ3v) is 2.99. The van der Waals surface area contributed by atoms with Gasteiger partial charge in [0.15, 0.2) is 0 Å². The SMILES string of the molecule is O=C(O)c1snc2cc(Br)ccc12. The molecule has 0 saturated carbocycles. The monoisotopic (exact) mass is 257 g/mol. The van der Waals surface area contributed by atoms with E-state index in [1.165, 1.54) is 0 Å². The van der Waals surface area contributed by atoms with E-state index in [0.29, 0.717) is 10.3 Å². The highest BCUT2D eigenvalue weighted by Crippen LogP contribution is 2.25. The molecule has 0 aliphatic carbocycles. The zero-order chi connectivity index (χ0) is 9.42. The summed E-state index contributed by atoms with van der Waals surface area (Å²) in [5.74, 6) is -0.921. The minimum absolute atomic E-state index is 0.294. The van der Waals surface area contributed by atoms with Crippen LogP contribution >= 0.6 is 27.5 Å². The zero-order valence-corrected chi connectivity index (χ0v) is 8.72. The molecule has 1 aromatic carbocycles. The standard InChI is InChI=1S/C8H4BrNO2S/c9-4-1-2-5-6(3-4)10-13-7(5)8(11)12/h1-3H,(H,11,12). The lowest BCUT2D eigenvalue weighted by Crippen LogP contribution is -1.91. The first kappa shape index (κ1) is 8.65. The maximum Gasteiger partial charge on any atom is 0.348 e. The highest BCUT2D eigenvalue weighted by Gasteiger charge is 2.11. The minimum Gasteiger partial charge on any atom is -0.477 e. The second-order valence-corrected chi connectivity index (χ2v) is 4.17. The fourth-order valence-electron chi connectivity index (χ4n) is 1.07. The summed E-state index contributed by atoms with van der Waals surface area (Å²) in [5, 5.41) is 9.49. The van der Waals surface area contributed by atoms with E-state index in [0.717, 1.165) is 21.5 Å². The van der Waals surface area contributed by atoms with Gasteiger partial charge in [-0.25, -0.2) is 4.79 Å². The molecule has 2 aromatic rings. The maximum absolute atomic E-state index is 10.7. The van der Waals surface area contributed by atoms with Crippen molar-refractivity contribution in [2.45, 2.75) is 0 Å². The van der Waals surface area contributed by atoms with E-state index in [9.17, 15) is 4.79 Å². The first-order chi connectivity index (χ1) is 6.18. The molecule has 3 nitrogen and oxygen atoms in total. The van der Waals surface area contributed by atoms with Crippen LogP contribution in [-0.2, 0) is 0 Å². The molecule has 0 bridgehead atoms. The Bertz CT molecular complexity index is 480. The van der Waals surface area contributed by atoms with Crippen molar-refractivity contribution in [2.24, 2.45) is 0 Å². The molecule has 1 heterocycles. The Morgan fingerprint density at radius 1 is 1.54 bits per heavy atom. The van der Waals surface area contributed by atoms with Crippen LogP contribution in [0, 0.1) is 0 Å². The summed E-state index contributed by atoms with van der Waals surface area (Å²) >= 11 is 4.31. The molecule has 0 saturated heterocycles. The van der Waals surface area contributed by atoms with Gasteiger partial charge >= 0.3 is 5.97 Å². The molecule has 66 valence electrons. The fourth-order valence-corrected chi connectivity index (χ4v) is 2.11. The lowest BCUT2D eigenvalue weighted by molar-refractivity contribution is 0.0704. The van der Waals surface area contributed by atoms with Crippen LogP contribution in [-0.4, -0.2) is 15.4 Å². The highest BCUT2D eigenvalue weighted by molar-refractivity contribution is 9.10. The largest absolute Gasteiger partial charge is 0.477 e. The lowest BCUT2D eigenvalue weighted by atomic mass is 10.2. The number of nitrogens with zero attached hydrogens (tertiary/aromatic N) is 1. The van der Waals surface area contributed by atoms with Gasteiger partial charge in [-0.05, 0) is 29.7 Å².